The predicted molar refractivity (Wildman–Crippen MR) is 69.8 cm³/mol. The first-order valence-electron chi connectivity index (χ1n) is 5.51. The molecule has 1 aromatic carbocycles. The summed E-state index contributed by atoms with van der Waals surface area (Å²) in [5, 5.41) is 0. The summed E-state index contributed by atoms with van der Waals surface area (Å²) in [5.74, 6) is 1.53. The zero-order chi connectivity index (χ0) is 12.8. The van der Waals surface area contributed by atoms with Gasteiger partial charge in [-0.2, -0.15) is 0 Å². The maximum absolute atomic E-state index is 5.83. The summed E-state index contributed by atoms with van der Waals surface area (Å²) in [6.45, 7) is 1.14. The zero-order valence-corrected chi connectivity index (χ0v) is 10.6. The second kappa shape index (κ2) is 6.32. The number of benzene rings is 1. The van der Waals surface area contributed by atoms with Gasteiger partial charge in [0.15, 0.2) is 0 Å². The normalized spacial score (nSPS) is 12.1. The van der Waals surface area contributed by atoms with Crippen LogP contribution >= 0.6 is 0 Å². The SMILES string of the molecule is COc1ccc(N(C)CC(N)CN)c(OC)c1. The molecule has 17 heavy (non-hydrogen) atoms. The average molecular weight is 239 g/mol. The third kappa shape index (κ3) is 3.51. The highest BCUT2D eigenvalue weighted by Gasteiger charge is 2.11. The van der Waals surface area contributed by atoms with Crippen LogP contribution in [-0.2, 0) is 0 Å². The molecule has 0 saturated carbocycles. The minimum atomic E-state index is -0.0493. The fourth-order valence-electron chi connectivity index (χ4n) is 1.62. The number of nitrogens with two attached hydrogens (primary N) is 2. The molecule has 0 aliphatic heterocycles. The Morgan fingerprint density at radius 1 is 1.29 bits per heavy atom. The van der Waals surface area contributed by atoms with Gasteiger partial charge in [-0.25, -0.2) is 0 Å². The second-order valence-electron chi connectivity index (χ2n) is 3.91. The highest BCUT2D eigenvalue weighted by Crippen LogP contribution is 2.31. The quantitative estimate of drug-likeness (QED) is 0.753. The summed E-state index contributed by atoms with van der Waals surface area (Å²) in [6, 6.07) is 5.63. The van der Waals surface area contributed by atoms with Crippen LogP contribution in [0, 0.1) is 0 Å². The molecule has 4 N–H and O–H groups in total. The molecule has 0 spiro atoms. The van der Waals surface area contributed by atoms with E-state index < -0.39 is 0 Å². The minimum absolute atomic E-state index is 0.0493. The summed E-state index contributed by atoms with van der Waals surface area (Å²) >= 11 is 0. The molecule has 0 bridgehead atoms. The molecule has 5 nitrogen and oxygen atoms in total. The summed E-state index contributed by atoms with van der Waals surface area (Å²) < 4.78 is 10.5. The summed E-state index contributed by atoms with van der Waals surface area (Å²) in [5.41, 5.74) is 12.3. The van der Waals surface area contributed by atoms with Crippen molar-refractivity contribution in [1.29, 1.82) is 0 Å². The van der Waals surface area contributed by atoms with Crippen LogP contribution in [0.5, 0.6) is 11.5 Å². The molecule has 1 aromatic rings. The van der Waals surface area contributed by atoms with Crippen molar-refractivity contribution in [2.45, 2.75) is 6.04 Å². The maximum Gasteiger partial charge on any atom is 0.145 e. The molecule has 0 heterocycles. The third-order valence-corrected chi connectivity index (χ3v) is 2.61. The van der Waals surface area contributed by atoms with Crippen molar-refractivity contribution in [2.75, 3.05) is 39.3 Å². The molecule has 0 aromatic heterocycles. The topological polar surface area (TPSA) is 73.7 Å². The zero-order valence-electron chi connectivity index (χ0n) is 10.6. The van der Waals surface area contributed by atoms with Gasteiger partial charge in [0.1, 0.15) is 11.5 Å². The molecular formula is C12H21N3O2. The van der Waals surface area contributed by atoms with Gasteiger partial charge in [-0.15, -0.1) is 0 Å². The van der Waals surface area contributed by atoms with Crippen molar-refractivity contribution < 1.29 is 9.47 Å². The molecule has 0 aliphatic carbocycles. The van der Waals surface area contributed by atoms with Crippen LogP contribution in [0.2, 0.25) is 0 Å². The largest absolute Gasteiger partial charge is 0.497 e. The predicted octanol–water partition coefficient (Wildman–Crippen LogP) is 0.426. The smallest absolute Gasteiger partial charge is 0.145 e. The lowest BCUT2D eigenvalue weighted by molar-refractivity contribution is 0.394. The molecule has 0 amide bonds. The minimum Gasteiger partial charge on any atom is -0.497 e. The van der Waals surface area contributed by atoms with Gasteiger partial charge < -0.3 is 25.8 Å². The lowest BCUT2D eigenvalue weighted by atomic mass is 10.2. The summed E-state index contributed by atoms with van der Waals surface area (Å²) in [7, 11) is 5.22. The number of methoxy groups -OCH3 is 2. The van der Waals surface area contributed by atoms with Crippen LogP contribution in [-0.4, -0.2) is 40.4 Å². The van der Waals surface area contributed by atoms with E-state index in [0.717, 1.165) is 17.2 Å². The molecule has 5 heteroatoms. The fourth-order valence-corrected chi connectivity index (χ4v) is 1.62. The number of hydrogen-bond acceptors (Lipinski definition) is 5. The van der Waals surface area contributed by atoms with E-state index in [1.54, 1.807) is 14.2 Å². The van der Waals surface area contributed by atoms with Gasteiger partial charge >= 0.3 is 0 Å². The summed E-state index contributed by atoms with van der Waals surface area (Å²) in [6.07, 6.45) is 0. The number of rotatable bonds is 6. The van der Waals surface area contributed by atoms with E-state index in [1.165, 1.54) is 0 Å². The van der Waals surface area contributed by atoms with Gasteiger partial charge in [-0.3, -0.25) is 0 Å². The van der Waals surface area contributed by atoms with E-state index in [2.05, 4.69) is 0 Å². The standard InChI is InChI=1S/C12H21N3O2/c1-15(8-9(14)7-13)11-5-4-10(16-2)6-12(11)17-3/h4-6,9H,7-8,13-14H2,1-3H3. The van der Waals surface area contributed by atoms with Crippen LogP contribution in [0.25, 0.3) is 0 Å². The number of likely N-dealkylation sites (N-methyl/N-ethyl adjacent to an activating group) is 1. The molecule has 0 saturated heterocycles. The Kier molecular flexibility index (Phi) is 5.06. The lowest BCUT2D eigenvalue weighted by Crippen LogP contribution is -2.40. The highest BCUT2D eigenvalue weighted by molar-refractivity contribution is 5.60. The first kappa shape index (κ1) is 13.6. The third-order valence-electron chi connectivity index (χ3n) is 2.61. The van der Waals surface area contributed by atoms with Gasteiger partial charge in [0.25, 0.3) is 0 Å². The van der Waals surface area contributed by atoms with E-state index in [4.69, 9.17) is 20.9 Å². The number of hydrogen-bond donors (Lipinski definition) is 2. The second-order valence-corrected chi connectivity index (χ2v) is 3.91. The Hall–Kier alpha value is -1.46. The van der Waals surface area contributed by atoms with Gasteiger partial charge in [0.2, 0.25) is 0 Å². The molecular weight excluding hydrogens is 218 g/mol. The van der Waals surface area contributed by atoms with Gasteiger partial charge in [0, 0.05) is 32.2 Å². The first-order chi connectivity index (χ1) is 8.12. The number of nitrogens with zero attached hydrogens (tertiary/aromatic N) is 1. The Morgan fingerprint density at radius 3 is 2.53 bits per heavy atom. The van der Waals surface area contributed by atoms with Crippen molar-refractivity contribution in [3.63, 3.8) is 0 Å². The van der Waals surface area contributed by atoms with Crippen molar-refractivity contribution in [2.24, 2.45) is 11.5 Å². The molecule has 0 fully saturated rings. The fraction of sp³-hybridized carbons (Fsp3) is 0.500. The lowest BCUT2D eigenvalue weighted by Gasteiger charge is -2.24. The Labute approximate surface area is 102 Å². The maximum atomic E-state index is 5.83. The monoisotopic (exact) mass is 239 g/mol. The molecule has 96 valence electrons. The molecule has 1 unspecified atom stereocenters. The number of ether oxygens (including phenoxy) is 2. The van der Waals surface area contributed by atoms with Gasteiger partial charge in [-0.1, -0.05) is 0 Å². The summed E-state index contributed by atoms with van der Waals surface area (Å²) in [4.78, 5) is 2.02. The van der Waals surface area contributed by atoms with Gasteiger partial charge in [-0.05, 0) is 12.1 Å². The van der Waals surface area contributed by atoms with Crippen LogP contribution < -0.4 is 25.8 Å². The van der Waals surface area contributed by atoms with E-state index in [1.807, 2.05) is 30.1 Å². The van der Waals surface area contributed by atoms with Crippen LogP contribution in [0.4, 0.5) is 5.69 Å². The van der Waals surface area contributed by atoms with E-state index >= 15 is 0 Å². The van der Waals surface area contributed by atoms with Gasteiger partial charge in [0.05, 0.1) is 19.9 Å². The Balaban J connectivity index is 2.88. The number of anilines is 1. The first-order valence-corrected chi connectivity index (χ1v) is 5.51. The Bertz CT molecular complexity index is 358. The molecule has 1 atom stereocenters. The van der Waals surface area contributed by atoms with Crippen LogP contribution in [0.3, 0.4) is 0 Å². The van der Waals surface area contributed by atoms with E-state index in [0.29, 0.717) is 13.1 Å². The molecule has 0 radical (unpaired) electrons. The van der Waals surface area contributed by atoms with Crippen LogP contribution in [0.1, 0.15) is 0 Å². The van der Waals surface area contributed by atoms with Crippen molar-refractivity contribution in [3.05, 3.63) is 18.2 Å². The van der Waals surface area contributed by atoms with E-state index in [9.17, 15) is 0 Å². The van der Waals surface area contributed by atoms with Crippen molar-refractivity contribution in [3.8, 4) is 11.5 Å². The van der Waals surface area contributed by atoms with E-state index in [-0.39, 0.29) is 6.04 Å². The van der Waals surface area contributed by atoms with Crippen molar-refractivity contribution >= 4 is 5.69 Å². The Morgan fingerprint density at radius 2 is 2.00 bits per heavy atom. The van der Waals surface area contributed by atoms with Crippen molar-refractivity contribution in [1.82, 2.24) is 0 Å². The highest BCUT2D eigenvalue weighted by atomic mass is 16.5. The molecule has 1 rings (SSSR count). The molecule has 0 aliphatic rings. The van der Waals surface area contributed by atoms with Crippen LogP contribution in [0.15, 0.2) is 18.2 Å². The average Bonchev–Trinajstić information content (AvgIpc) is 2.37.